The van der Waals surface area contributed by atoms with E-state index in [-0.39, 0.29) is 36.3 Å². The molecule has 2 N–H and O–H groups in total. The molecule has 2 amide bonds. The van der Waals surface area contributed by atoms with Gasteiger partial charge < -0.3 is 24.3 Å². The molecule has 10 heteroatoms. The molecule has 0 bridgehead atoms. The van der Waals surface area contributed by atoms with Gasteiger partial charge in [-0.25, -0.2) is 0 Å². The van der Waals surface area contributed by atoms with Crippen LogP contribution in [-0.4, -0.2) is 62.0 Å². The summed E-state index contributed by atoms with van der Waals surface area (Å²) in [4.78, 5) is 51.3. The fourth-order valence-electron chi connectivity index (χ4n) is 5.70. The Hall–Kier alpha value is -2.27. The number of anilines is 2. The maximum absolute atomic E-state index is 13.6. The molecule has 0 saturated carbocycles. The lowest BCUT2D eigenvalue weighted by Gasteiger charge is -2.39. The van der Waals surface area contributed by atoms with Crippen molar-refractivity contribution in [2.45, 2.75) is 63.3 Å². The van der Waals surface area contributed by atoms with E-state index in [0.717, 1.165) is 0 Å². The van der Waals surface area contributed by atoms with E-state index in [9.17, 15) is 24.3 Å². The molecule has 1 aromatic rings. The Morgan fingerprint density at radius 1 is 1.34 bits per heavy atom. The number of hydrogen-bond donors (Lipinski definition) is 2. The minimum absolute atomic E-state index is 0.110. The zero-order valence-electron chi connectivity index (χ0n) is 19.0. The number of carbonyl (C=O) groups excluding carboxylic acids is 3. The first-order chi connectivity index (χ1) is 14.9. The van der Waals surface area contributed by atoms with Crippen LogP contribution in [0.5, 0.6) is 0 Å². The summed E-state index contributed by atoms with van der Waals surface area (Å²) in [5.74, 6) is -1.22. The van der Waals surface area contributed by atoms with E-state index in [2.05, 4.69) is 0 Å². The van der Waals surface area contributed by atoms with Crippen LogP contribution in [0.15, 0.2) is 18.2 Å². The molecule has 9 nitrogen and oxygen atoms in total. The average molecular weight is 463 g/mol. The predicted octanol–water partition coefficient (Wildman–Crippen LogP) is 1.47. The summed E-state index contributed by atoms with van der Waals surface area (Å²) < 4.78 is 11.7. The first-order valence-electron chi connectivity index (χ1n) is 10.9. The number of β-lactam (4-membered cyclic amide) rings is 1. The van der Waals surface area contributed by atoms with Crippen LogP contribution < -0.4 is 9.80 Å². The largest absolute Gasteiger partial charge is 0.441 e. The van der Waals surface area contributed by atoms with E-state index >= 15 is 0 Å². The van der Waals surface area contributed by atoms with Gasteiger partial charge in [0.05, 0.1) is 18.2 Å². The van der Waals surface area contributed by atoms with Crippen LogP contribution in [0, 0.1) is 5.92 Å². The third kappa shape index (κ3) is 3.20. The first-order valence-corrected chi connectivity index (χ1v) is 13.9. The molecule has 1 spiro atoms. The smallest absolute Gasteiger partial charge is 0.304 e. The minimum Gasteiger partial charge on any atom is -0.441 e. The number of amides is 2. The lowest BCUT2D eigenvalue weighted by atomic mass is 9.82. The molecule has 3 aliphatic rings. The summed E-state index contributed by atoms with van der Waals surface area (Å²) in [5.41, 5.74) is 0.235. The van der Waals surface area contributed by atoms with Crippen molar-refractivity contribution in [2.75, 3.05) is 23.5 Å². The van der Waals surface area contributed by atoms with Gasteiger partial charge in [0.25, 0.3) is 5.91 Å². The lowest BCUT2D eigenvalue weighted by Crippen LogP contribution is -2.55. The highest BCUT2D eigenvalue weighted by molar-refractivity contribution is 6.71. The Balaban J connectivity index is 1.80. The average Bonchev–Trinajstić information content (AvgIpc) is 3.09. The third-order valence-electron chi connectivity index (χ3n) is 7.00. The maximum atomic E-state index is 13.6. The molecular formula is C22H30N2O7Si. The van der Waals surface area contributed by atoms with Crippen LogP contribution >= 0.6 is 0 Å². The van der Waals surface area contributed by atoms with E-state index in [4.69, 9.17) is 9.47 Å². The highest BCUT2D eigenvalue weighted by Gasteiger charge is 2.65. The summed E-state index contributed by atoms with van der Waals surface area (Å²) >= 11 is 0. The molecule has 1 unspecified atom stereocenters. The molecule has 1 aromatic carbocycles. The first kappa shape index (κ1) is 22.9. The molecule has 3 heterocycles. The summed E-state index contributed by atoms with van der Waals surface area (Å²) in [6.07, 6.45) is -0.713. The quantitative estimate of drug-likeness (QED) is 0.387. The van der Waals surface area contributed by atoms with Crippen molar-refractivity contribution < 1.29 is 33.8 Å². The van der Waals surface area contributed by atoms with Crippen molar-refractivity contribution in [3.05, 3.63) is 23.8 Å². The number of aliphatic hydroxyl groups is 1. The van der Waals surface area contributed by atoms with Gasteiger partial charge in [-0.05, 0) is 37.7 Å². The van der Waals surface area contributed by atoms with Crippen LogP contribution in [0.25, 0.3) is 0 Å². The fraction of sp³-hybridized carbons (Fsp3) is 0.591. The van der Waals surface area contributed by atoms with Crippen molar-refractivity contribution in [1.29, 1.82) is 0 Å². The molecule has 3 aliphatic heterocycles. The fourth-order valence-corrected chi connectivity index (χ4v) is 8.30. The molecule has 2 saturated heterocycles. The number of nitrogens with zero attached hydrogens (tertiary/aromatic N) is 2. The summed E-state index contributed by atoms with van der Waals surface area (Å²) in [6, 6.07) is 5.24. The highest BCUT2D eigenvalue weighted by atomic mass is 28.4. The number of aliphatic hydroxyl groups excluding tert-OH is 1. The number of ether oxygens (including phenoxy) is 2. The molecule has 5 atom stereocenters. The molecule has 4 rings (SSSR count). The minimum atomic E-state index is -2.75. The summed E-state index contributed by atoms with van der Waals surface area (Å²) in [7, 11) is -1.08. The third-order valence-corrected chi connectivity index (χ3v) is 9.50. The topological polar surface area (TPSA) is 117 Å². The van der Waals surface area contributed by atoms with Crippen LogP contribution in [0.2, 0.25) is 18.6 Å². The van der Waals surface area contributed by atoms with Gasteiger partial charge in [0.1, 0.15) is 0 Å². The van der Waals surface area contributed by atoms with Crippen molar-refractivity contribution in [3.8, 4) is 0 Å². The molecule has 0 aliphatic carbocycles. The lowest BCUT2D eigenvalue weighted by molar-refractivity contribution is -0.153. The number of esters is 1. The number of fused-ring (bicyclic) bond motifs is 2. The number of benzene rings is 1. The number of hydrogen-bond acceptors (Lipinski definition) is 7. The van der Waals surface area contributed by atoms with Gasteiger partial charge in [0.2, 0.25) is 5.91 Å². The Kier molecular flexibility index (Phi) is 5.48. The number of likely N-dealkylation sites (N-methyl/N-ethyl adjacent to an activating group) is 1. The van der Waals surface area contributed by atoms with Crippen molar-refractivity contribution in [2.24, 2.45) is 5.92 Å². The van der Waals surface area contributed by atoms with Gasteiger partial charge in [-0.3, -0.25) is 19.3 Å². The Labute approximate surface area is 188 Å². The van der Waals surface area contributed by atoms with Crippen LogP contribution in [0.3, 0.4) is 0 Å². The number of rotatable bonds is 5. The van der Waals surface area contributed by atoms with Crippen LogP contribution in [-0.2, 0) is 29.5 Å². The number of carbonyl (C=O) groups is 3. The van der Waals surface area contributed by atoms with Crippen molar-refractivity contribution >= 4 is 37.5 Å². The van der Waals surface area contributed by atoms with E-state index in [1.807, 2.05) is 20.0 Å². The van der Waals surface area contributed by atoms with Gasteiger partial charge in [-0.1, -0.05) is 6.92 Å². The predicted molar refractivity (Wildman–Crippen MR) is 118 cm³/mol. The molecule has 32 heavy (non-hydrogen) atoms. The van der Waals surface area contributed by atoms with Crippen LogP contribution in [0.1, 0.15) is 32.3 Å². The van der Waals surface area contributed by atoms with E-state index in [1.54, 1.807) is 30.1 Å². The zero-order valence-corrected chi connectivity index (χ0v) is 20.0. The highest BCUT2D eigenvalue weighted by Crippen LogP contribution is 2.59. The normalized spacial score (nSPS) is 31.8. The molecule has 2 fully saturated rings. The second kappa shape index (κ2) is 7.65. The Morgan fingerprint density at radius 3 is 2.59 bits per heavy atom. The molecule has 0 radical (unpaired) electrons. The second-order valence-corrected chi connectivity index (χ2v) is 13.4. The standard InChI is InChI=1S/C22H30N2O7Si/c1-12-20(32(4,5)29)17(8-9-25)31-22(12)15-10-14(6-7-16(15)23(3)21(22)28)24-18(27)11-19(24)30-13(2)26/h6-7,10,12,17,19-20,25,29H,8-9,11H2,1-5H3/t12-,17+,19?,20-,22+/m0/s1. The van der Waals surface area contributed by atoms with Gasteiger partial charge >= 0.3 is 5.97 Å². The maximum Gasteiger partial charge on any atom is 0.304 e. The van der Waals surface area contributed by atoms with Gasteiger partial charge in [-0.2, -0.15) is 0 Å². The Bertz CT molecular complexity index is 978. The SMILES string of the molecule is CC(=O)OC1CC(=O)N1c1ccc2c(c1)[C@@]1(O[C@H](CCO)[C@@H]([Si](C)(C)O)[C@@H]1C)C(=O)N2C. The van der Waals surface area contributed by atoms with Gasteiger partial charge in [-0.15, -0.1) is 0 Å². The summed E-state index contributed by atoms with van der Waals surface area (Å²) in [6.45, 7) is 6.74. The van der Waals surface area contributed by atoms with E-state index in [1.165, 1.54) is 11.8 Å². The Morgan fingerprint density at radius 2 is 2.03 bits per heavy atom. The monoisotopic (exact) mass is 462 g/mol. The second-order valence-electron chi connectivity index (χ2n) is 9.47. The van der Waals surface area contributed by atoms with E-state index < -0.39 is 32.2 Å². The van der Waals surface area contributed by atoms with Crippen LogP contribution in [0.4, 0.5) is 11.4 Å². The molecule has 174 valence electrons. The van der Waals surface area contributed by atoms with Gasteiger partial charge in [0.15, 0.2) is 20.1 Å². The zero-order chi connectivity index (χ0) is 23.6. The van der Waals surface area contributed by atoms with Crippen molar-refractivity contribution in [1.82, 2.24) is 0 Å². The molecular weight excluding hydrogens is 432 g/mol. The van der Waals surface area contributed by atoms with Gasteiger partial charge in [0, 0.05) is 43.3 Å². The van der Waals surface area contributed by atoms with E-state index in [0.29, 0.717) is 23.4 Å². The summed E-state index contributed by atoms with van der Waals surface area (Å²) in [5, 5.41) is 9.60. The van der Waals surface area contributed by atoms with Crippen molar-refractivity contribution in [3.63, 3.8) is 0 Å². The molecule has 0 aromatic heterocycles.